The van der Waals surface area contributed by atoms with Crippen LogP contribution in [-0.4, -0.2) is 18.9 Å². The second-order valence-corrected chi connectivity index (χ2v) is 5.28. The topological polar surface area (TPSA) is 27.7 Å². The molecule has 2 aromatic heterocycles. The van der Waals surface area contributed by atoms with Crippen LogP contribution in [0.15, 0.2) is 6.07 Å². The quantitative estimate of drug-likeness (QED) is 0.757. The minimum absolute atomic E-state index is 0.611. The van der Waals surface area contributed by atoms with Crippen LogP contribution in [0.5, 0.6) is 0 Å². The van der Waals surface area contributed by atoms with Crippen molar-refractivity contribution in [2.45, 2.75) is 13.8 Å². The second-order valence-electron chi connectivity index (χ2n) is 4.14. The van der Waals surface area contributed by atoms with Crippen LogP contribution < -0.4 is 0 Å². The Hall–Kier alpha value is -0.980. The summed E-state index contributed by atoms with van der Waals surface area (Å²) in [6.45, 7) is 3.80. The highest BCUT2D eigenvalue weighted by molar-refractivity contribution is 7.72. The highest BCUT2D eigenvalue weighted by atomic mass is 35.5. The third kappa shape index (κ3) is 1.94. The van der Waals surface area contributed by atoms with Crippen LogP contribution in [0, 0.1) is 23.4 Å². The van der Waals surface area contributed by atoms with Gasteiger partial charge in [-0.2, -0.15) is 0 Å². The zero-order valence-corrected chi connectivity index (χ0v) is 12.9. The van der Waals surface area contributed by atoms with Crippen molar-refractivity contribution < 1.29 is 0 Å². The highest BCUT2D eigenvalue weighted by Crippen LogP contribution is 2.20. The van der Waals surface area contributed by atoms with Gasteiger partial charge in [0, 0.05) is 14.1 Å². The average Bonchev–Trinajstić information content (AvgIpc) is 2.50. The lowest BCUT2D eigenvalue weighted by Gasteiger charge is -2.07. The lowest BCUT2D eigenvalue weighted by molar-refractivity contribution is 0.583. The number of aryl methyl sites for hydroxylation is 2. The number of nitrogens with zero attached hydrogens (tertiary/aromatic N) is 4. The molecule has 0 unspecified atom stereocenters. The van der Waals surface area contributed by atoms with E-state index >= 15 is 0 Å². The molecule has 0 fully saturated rings. The van der Waals surface area contributed by atoms with Gasteiger partial charge in [-0.15, -0.1) is 0 Å². The molecule has 0 aliphatic carbocycles. The highest BCUT2D eigenvalue weighted by Gasteiger charge is 2.12. The zero-order chi connectivity index (χ0) is 13.6. The SMILES string of the molecule is Cc1cc(Cl)c(C)nc1-n1c(=S)n(C)n(C)c1=S. The van der Waals surface area contributed by atoms with E-state index in [4.69, 9.17) is 36.0 Å². The molecule has 0 atom stereocenters. The minimum atomic E-state index is 0.611. The van der Waals surface area contributed by atoms with Gasteiger partial charge in [0.05, 0.1) is 10.7 Å². The molecule has 18 heavy (non-hydrogen) atoms. The summed E-state index contributed by atoms with van der Waals surface area (Å²) in [5, 5.41) is 0.647. The fraction of sp³-hybridized carbons (Fsp3) is 0.364. The van der Waals surface area contributed by atoms with E-state index in [1.807, 2.05) is 43.4 Å². The van der Waals surface area contributed by atoms with Gasteiger partial charge in [-0.05, 0) is 49.9 Å². The first kappa shape index (κ1) is 13.5. The van der Waals surface area contributed by atoms with Gasteiger partial charge in [0.15, 0.2) is 0 Å². The van der Waals surface area contributed by atoms with Crippen LogP contribution in [0.4, 0.5) is 0 Å². The number of halogens is 1. The Morgan fingerprint density at radius 2 is 1.61 bits per heavy atom. The van der Waals surface area contributed by atoms with E-state index < -0.39 is 0 Å². The molecule has 96 valence electrons. The van der Waals surface area contributed by atoms with E-state index in [9.17, 15) is 0 Å². The normalized spacial score (nSPS) is 10.9. The molecule has 2 heterocycles. The van der Waals surface area contributed by atoms with Crippen LogP contribution in [0.1, 0.15) is 11.3 Å². The zero-order valence-electron chi connectivity index (χ0n) is 10.6. The standard InChI is InChI=1S/C11H13ClN4S2/c1-6-5-8(12)7(2)13-9(6)16-10(17)14(3)15(4)11(16)18/h5H,1-4H3. The maximum atomic E-state index is 6.06. The Balaban J connectivity index is 2.87. The molecule has 0 saturated heterocycles. The fourth-order valence-corrected chi connectivity index (χ4v) is 2.55. The lowest BCUT2D eigenvalue weighted by atomic mass is 10.2. The fourth-order valence-electron chi connectivity index (χ4n) is 1.69. The number of rotatable bonds is 1. The molecular weight excluding hydrogens is 288 g/mol. The number of hydrogen-bond acceptors (Lipinski definition) is 3. The van der Waals surface area contributed by atoms with Gasteiger partial charge in [0.1, 0.15) is 5.82 Å². The van der Waals surface area contributed by atoms with Crippen molar-refractivity contribution in [2.75, 3.05) is 0 Å². The van der Waals surface area contributed by atoms with Gasteiger partial charge < -0.3 is 0 Å². The van der Waals surface area contributed by atoms with E-state index in [0.29, 0.717) is 14.6 Å². The van der Waals surface area contributed by atoms with Crippen molar-refractivity contribution in [2.24, 2.45) is 14.1 Å². The second kappa shape index (κ2) is 4.60. The van der Waals surface area contributed by atoms with E-state index in [0.717, 1.165) is 17.1 Å². The van der Waals surface area contributed by atoms with Crippen molar-refractivity contribution >= 4 is 36.0 Å². The van der Waals surface area contributed by atoms with Gasteiger partial charge >= 0.3 is 0 Å². The minimum Gasteiger partial charge on any atom is -0.261 e. The Morgan fingerprint density at radius 3 is 2.11 bits per heavy atom. The number of pyridine rings is 1. The molecule has 0 aromatic carbocycles. The van der Waals surface area contributed by atoms with Crippen LogP contribution in [0.3, 0.4) is 0 Å². The van der Waals surface area contributed by atoms with E-state index in [-0.39, 0.29) is 0 Å². The number of aromatic nitrogens is 4. The molecule has 2 rings (SSSR count). The summed E-state index contributed by atoms with van der Waals surface area (Å²) in [6, 6.07) is 1.88. The summed E-state index contributed by atoms with van der Waals surface area (Å²) in [5.74, 6) is 0.739. The molecule has 7 heteroatoms. The van der Waals surface area contributed by atoms with Gasteiger partial charge in [-0.25, -0.2) is 9.55 Å². The summed E-state index contributed by atoms with van der Waals surface area (Å²) in [4.78, 5) is 4.49. The van der Waals surface area contributed by atoms with Crippen LogP contribution in [0.2, 0.25) is 5.02 Å². The van der Waals surface area contributed by atoms with E-state index in [1.54, 1.807) is 4.57 Å². The van der Waals surface area contributed by atoms with Crippen molar-refractivity contribution in [1.29, 1.82) is 0 Å². The molecule has 0 aliphatic heterocycles. The van der Waals surface area contributed by atoms with Gasteiger partial charge in [0.2, 0.25) is 9.54 Å². The summed E-state index contributed by atoms with van der Waals surface area (Å²) < 4.78 is 6.62. The first-order valence-corrected chi connectivity index (χ1v) is 6.53. The summed E-state index contributed by atoms with van der Waals surface area (Å²) >= 11 is 16.8. The Morgan fingerprint density at radius 1 is 1.11 bits per heavy atom. The average molecular weight is 301 g/mol. The molecular formula is C11H13ClN4S2. The van der Waals surface area contributed by atoms with Crippen molar-refractivity contribution in [3.8, 4) is 5.82 Å². The maximum absolute atomic E-state index is 6.06. The molecule has 0 aliphatic rings. The molecule has 0 saturated carbocycles. The first-order valence-electron chi connectivity index (χ1n) is 5.33. The third-order valence-corrected chi connectivity index (χ3v) is 4.19. The van der Waals surface area contributed by atoms with Crippen molar-refractivity contribution in [3.63, 3.8) is 0 Å². The van der Waals surface area contributed by atoms with Crippen molar-refractivity contribution in [1.82, 2.24) is 18.9 Å². The smallest absolute Gasteiger partial charge is 0.202 e. The molecule has 0 N–H and O–H groups in total. The molecule has 0 spiro atoms. The van der Waals surface area contributed by atoms with Crippen LogP contribution in [0.25, 0.3) is 5.82 Å². The first-order chi connectivity index (χ1) is 8.34. The van der Waals surface area contributed by atoms with Gasteiger partial charge in [-0.3, -0.25) is 9.36 Å². The molecule has 4 nitrogen and oxygen atoms in total. The van der Waals surface area contributed by atoms with Gasteiger partial charge in [-0.1, -0.05) is 11.6 Å². The van der Waals surface area contributed by atoms with Crippen LogP contribution >= 0.6 is 36.0 Å². The Bertz CT molecular complexity index is 705. The Labute approximate surface area is 120 Å². The summed E-state index contributed by atoms with van der Waals surface area (Å²) in [5.41, 5.74) is 1.71. The predicted octanol–water partition coefficient (Wildman–Crippen LogP) is 3.28. The van der Waals surface area contributed by atoms with Gasteiger partial charge in [0.25, 0.3) is 0 Å². The lowest BCUT2D eigenvalue weighted by Crippen LogP contribution is -2.03. The molecule has 0 radical (unpaired) electrons. The van der Waals surface area contributed by atoms with E-state index in [1.165, 1.54) is 0 Å². The summed E-state index contributed by atoms with van der Waals surface area (Å²) in [7, 11) is 3.74. The molecule has 0 amide bonds. The molecule has 2 aromatic rings. The maximum Gasteiger partial charge on any atom is 0.202 e. The predicted molar refractivity (Wildman–Crippen MR) is 77.7 cm³/mol. The number of hydrogen-bond donors (Lipinski definition) is 0. The molecule has 0 bridgehead atoms. The Kier molecular flexibility index (Phi) is 3.44. The summed E-state index contributed by atoms with van der Waals surface area (Å²) in [6.07, 6.45) is 0. The van der Waals surface area contributed by atoms with E-state index in [2.05, 4.69) is 4.98 Å². The van der Waals surface area contributed by atoms with Crippen LogP contribution in [-0.2, 0) is 14.1 Å². The largest absolute Gasteiger partial charge is 0.261 e. The third-order valence-electron chi connectivity index (χ3n) is 2.91. The van der Waals surface area contributed by atoms with Crippen molar-refractivity contribution in [3.05, 3.63) is 31.9 Å². The monoisotopic (exact) mass is 300 g/mol.